The topological polar surface area (TPSA) is 32.3 Å². The summed E-state index contributed by atoms with van der Waals surface area (Å²) in [6.45, 7) is 11.0. The molecule has 3 nitrogen and oxygen atoms in total. The van der Waals surface area contributed by atoms with Crippen molar-refractivity contribution in [1.29, 1.82) is 0 Å². The van der Waals surface area contributed by atoms with Crippen LogP contribution in [0.1, 0.15) is 36.2 Å². The van der Waals surface area contributed by atoms with E-state index in [1.54, 1.807) is 0 Å². The number of aryl methyl sites for hydroxylation is 1. The maximum absolute atomic E-state index is 11.9. The fraction of sp³-hybridized carbons (Fsp3) is 0.562. The number of Topliss-reactive ketones (excluding diaryl/α,β-unsaturated/α-hetero) is 1. The molecular weight excluding hydrogens is 236 g/mol. The van der Waals surface area contributed by atoms with Crippen LogP contribution < -0.4 is 5.32 Å². The Bertz CT molecular complexity index is 369. The van der Waals surface area contributed by atoms with Crippen LogP contribution in [0.4, 0.5) is 0 Å². The smallest absolute Gasteiger partial charge is 0.176 e. The summed E-state index contributed by atoms with van der Waals surface area (Å²) < 4.78 is 0. The van der Waals surface area contributed by atoms with Crippen LogP contribution >= 0.6 is 0 Å². The van der Waals surface area contributed by atoms with Crippen LogP contribution in [-0.4, -0.2) is 43.4 Å². The Morgan fingerprint density at radius 1 is 1.16 bits per heavy atom. The lowest BCUT2D eigenvalue weighted by Gasteiger charge is -2.17. The number of benzene rings is 1. The number of nitrogens with zero attached hydrogens (tertiary/aromatic N) is 1. The highest BCUT2D eigenvalue weighted by atomic mass is 16.1. The molecule has 0 aliphatic carbocycles. The summed E-state index contributed by atoms with van der Waals surface area (Å²) in [7, 11) is 0. The van der Waals surface area contributed by atoms with Gasteiger partial charge in [0.1, 0.15) is 0 Å². The van der Waals surface area contributed by atoms with E-state index < -0.39 is 0 Å². The summed E-state index contributed by atoms with van der Waals surface area (Å²) >= 11 is 0. The van der Waals surface area contributed by atoms with E-state index in [9.17, 15) is 4.79 Å². The summed E-state index contributed by atoms with van der Waals surface area (Å²) in [5.74, 6) is 0.169. The first-order valence-electron chi connectivity index (χ1n) is 7.20. The number of hydrogen-bond donors (Lipinski definition) is 1. The van der Waals surface area contributed by atoms with Gasteiger partial charge in [0.2, 0.25) is 0 Å². The summed E-state index contributed by atoms with van der Waals surface area (Å²) in [5, 5.41) is 3.23. The van der Waals surface area contributed by atoms with E-state index in [1.807, 2.05) is 31.2 Å². The van der Waals surface area contributed by atoms with E-state index in [2.05, 4.69) is 24.1 Å². The van der Waals surface area contributed by atoms with Crippen molar-refractivity contribution >= 4 is 5.78 Å². The minimum absolute atomic E-state index is 0.169. The van der Waals surface area contributed by atoms with Gasteiger partial charge in [-0.25, -0.2) is 0 Å². The maximum atomic E-state index is 11.9. The van der Waals surface area contributed by atoms with E-state index in [1.165, 1.54) is 5.56 Å². The molecule has 0 bridgehead atoms. The van der Waals surface area contributed by atoms with Gasteiger partial charge < -0.3 is 10.2 Å². The lowest BCUT2D eigenvalue weighted by Crippen LogP contribution is -2.29. The number of ketones is 1. The largest absolute Gasteiger partial charge is 0.310 e. The third kappa shape index (κ3) is 5.99. The molecule has 1 rings (SSSR count). The normalized spacial score (nSPS) is 10.9. The van der Waals surface area contributed by atoms with Crippen LogP contribution in [0.25, 0.3) is 0 Å². The first kappa shape index (κ1) is 15.9. The number of nitrogens with one attached hydrogen (secondary N) is 1. The second-order valence-corrected chi connectivity index (χ2v) is 4.85. The Morgan fingerprint density at radius 3 is 2.37 bits per heavy atom. The van der Waals surface area contributed by atoms with E-state index in [4.69, 9.17) is 0 Å². The molecular formula is C16H26N2O. The number of rotatable bonds is 9. The standard InChI is InChI=1S/C16H26N2O/c1-4-18(5-2)12-6-11-17-13-16(19)15-9-7-14(3)8-10-15/h7-10,17H,4-6,11-13H2,1-3H3. The second kappa shape index (κ2) is 8.83. The third-order valence-corrected chi connectivity index (χ3v) is 3.38. The van der Waals surface area contributed by atoms with Gasteiger partial charge in [-0.05, 0) is 39.5 Å². The van der Waals surface area contributed by atoms with Gasteiger partial charge in [0, 0.05) is 5.56 Å². The molecule has 1 aromatic rings. The zero-order chi connectivity index (χ0) is 14.1. The summed E-state index contributed by atoms with van der Waals surface area (Å²) in [5.41, 5.74) is 1.98. The fourth-order valence-electron chi connectivity index (χ4n) is 2.01. The van der Waals surface area contributed by atoms with E-state index in [0.717, 1.165) is 38.2 Å². The molecule has 0 spiro atoms. The molecule has 0 fully saturated rings. The average Bonchev–Trinajstić information content (AvgIpc) is 2.43. The Balaban J connectivity index is 2.19. The average molecular weight is 262 g/mol. The second-order valence-electron chi connectivity index (χ2n) is 4.85. The van der Waals surface area contributed by atoms with Gasteiger partial charge in [-0.1, -0.05) is 43.7 Å². The Morgan fingerprint density at radius 2 is 1.79 bits per heavy atom. The summed E-state index contributed by atoms with van der Waals surface area (Å²) in [6, 6.07) is 7.76. The molecule has 19 heavy (non-hydrogen) atoms. The van der Waals surface area contributed by atoms with E-state index in [-0.39, 0.29) is 5.78 Å². The van der Waals surface area contributed by atoms with Crippen LogP contribution in [0.15, 0.2) is 24.3 Å². The highest BCUT2D eigenvalue weighted by molar-refractivity contribution is 5.97. The maximum Gasteiger partial charge on any atom is 0.176 e. The molecule has 0 atom stereocenters. The fourth-order valence-corrected chi connectivity index (χ4v) is 2.01. The third-order valence-electron chi connectivity index (χ3n) is 3.38. The minimum Gasteiger partial charge on any atom is -0.310 e. The predicted octanol–water partition coefficient (Wildman–Crippen LogP) is 2.50. The lowest BCUT2D eigenvalue weighted by molar-refractivity contribution is 0.0991. The Kier molecular flexibility index (Phi) is 7.38. The van der Waals surface area contributed by atoms with Gasteiger partial charge in [-0.3, -0.25) is 4.79 Å². The number of carbonyl (C=O) groups excluding carboxylic acids is 1. The summed E-state index contributed by atoms with van der Waals surface area (Å²) in [4.78, 5) is 14.3. The monoisotopic (exact) mass is 262 g/mol. The Hall–Kier alpha value is -1.19. The molecule has 0 aliphatic heterocycles. The SMILES string of the molecule is CCN(CC)CCCNCC(=O)c1ccc(C)cc1. The molecule has 0 saturated heterocycles. The van der Waals surface area contributed by atoms with Gasteiger partial charge in [-0.2, -0.15) is 0 Å². The molecule has 106 valence electrons. The molecule has 0 heterocycles. The molecule has 0 amide bonds. The Labute approximate surface area is 117 Å². The molecule has 0 radical (unpaired) electrons. The van der Waals surface area contributed by atoms with Gasteiger partial charge in [0.05, 0.1) is 6.54 Å². The zero-order valence-corrected chi connectivity index (χ0v) is 12.4. The van der Waals surface area contributed by atoms with Gasteiger partial charge >= 0.3 is 0 Å². The predicted molar refractivity (Wildman–Crippen MR) is 80.8 cm³/mol. The van der Waals surface area contributed by atoms with Crippen molar-refractivity contribution in [3.05, 3.63) is 35.4 Å². The molecule has 0 saturated carbocycles. The number of hydrogen-bond acceptors (Lipinski definition) is 3. The lowest BCUT2D eigenvalue weighted by atomic mass is 10.1. The molecule has 1 N–H and O–H groups in total. The first-order valence-corrected chi connectivity index (χ1v) is 7.20. The zero-order valence-electron chi connectivity index (χ0n) is 12.4. The van der Waals surface area contributed by atoms with Crippen molar-refractivity contribution in [1.82, 2.24) is 10.2 Å². The summed E-state index contributed by atoms with van der Waals surface area (Å²) in [6.07, 6.45) is 1.09. The molecule has 0 aliphatic rings. The van der Waals surface area contributed by atoms with Crippen molar-refractivity contribution in [3.63, 3.8) is 0 Å². The van der Waals surface area contributed by atoms with Crippen molar-refractivity contribution < 1.29 is 4.79 Å². The van der Waals surface area contributed by atoms with Crippen molar-refractivity contribution in [3.8, 4) is 0 Å². The van der Waals surface area contributed by atoms with Crippen molar-refractivity contribution in [2.75, 3.05) is 32.7 Å². The quantitative estimate of drug-likeness (QED) is 0.548. The minimum atomic E-state index is 0.169. The van der Waals surface area contributed by atoms with Crippen LogP contribution in [0, 0.1) is 6.92 Å². The van der Waals surface area contributed by atoms with Crippen LogP contribution in [0.3, 0.4) is 0 Å². The van der Waals surface area contributed by atoms with Crippen molar-refractivity contribution in [2.24, 2.45) is 0 Å². The van der Waals surface area contributed by atoms with Gasteiger partial charge in [0.25, 0.3) is 0 Å². The first-order chi connectivity index (χ1) is 9.17. The molecule has 0 unspecified atom stereocenters. The van der Waals surface area contributed by atoms with Gasteiger partial charge in [0.15, 0.2) is 5.78 Å². The van der Waals surface area contributed by atoms with E-state index >= 15 is 0 Å². The van der Waals surface area contributed by atoms with Crippen LogP contribution in [0.5, 0.6) is 0 Å². The number of carbonyl (C=O) groups is 1. The highest BCUT2D eigenvalue weighted by Gasteiger charge is 2.04. The molecule has 0 aromatic heterocycles. The van der Waals surface area contributed by atoms with Crippen LogP contribution in [-0.2, 0) is 0 Å². The van der Waals surface area contributed by atoms with Crippen LogP contribution in [0.2, 0.25) is 0 Å². The van der Waals surface area contributed by atoms with Gasteiger partial charge in [-0.15, -0.1) is 0 Å². The molecule has 1 aromatic carbocycles. The van der Waals surface area contributed by atoms with E-state index in [0.29, 0.717) is 6.54 Å². The van der Waals surface area contributed by atoms with Crippen molar-refractivity contribution in [2.45, 2.75) is 27.2 Å². The highest BCUT2D eigenvalue weighted by Crippen LogP contribution is 2.03. The molecule has 3 heteroatoms.